The molecule has 0 aromatic rings. The molecule has 0 N–H and O–H groups in total. The summed E-state index contributed by atoms with van der Waals surface area (Å²) in [7, 11) is 0. The van der Waals surface area contributed by atoms with Crippen LogP contribution in [-0.4, -0.2) is 26.2 Å². The Balaban J connectivity index is 0. The van der Waals surface area contributed by atoms with Gasteiger partial charge in [-0.2, -0.15) is 0 Å². The van der Waals surface area contributed by atoms with Crippen molar-refractivity contribution >= 4 is 26.2 Å². The molecule has 0 amide bonds. The molecule has 0 atom stereocenters. The van der Waals surface area contributed by atoms with E-state index in [9.17, 15) is 0 Å². The molecule has 0 aliphatic heterocycles. The van der Waals surface area contributed by atoms with Gasteiger partial charge in [0.15, 0.2) is 0 Å². The molecule has 4 heteroatoms. The van der Waals surface area contributed by atoms with E-state index in [1.165, 1.54) is 0 Å². The Morgan fingerprint density at radius 1 is 1.25 bits per heavy atom. The zero-order chi connectivity index (χ0) is 0. The van der Waals surface area contributed by atoms with Crippen molar-refractivity contribution in [3.05, 3.63) is 0 Å². The molecule has 0 aromatic carbocycles. The summed E-state index contributed by atoms with van der Waals surface area (Å²) in [5, 5.41) is 0. The van der Waals surface area contributed by atoms with E-state index in [1.807, 2.05) is 0 Å². The minimum absolute atomic E-state index is 0. The van der Waals surface area contributed by atoms with Crippen LogP contribution in [0.3, 0.4) is 0 Å². The molecule has 0 radical (unpaired) electrons. The molecule has 0 bridgehead atoms. The largest absolute Gasteiger partial charge is 1.00 e. The van der Waals surface area contributed by atoms with E-state index in [0.29, 0.717) is 0 Å². The van der Waals surface area contributed by atoms with Crippen LogP contribution >= 0.6 is 0 Å². The van der Waals surface area contributed by atoms with E-state index in [0.717, 1.165) is 0 Å². The van der Waals surface area contributed by atoms with Gasteiger partial charge in [-0.3, -0.25) is 0 Å². The molecule has 0 saturated heterocycles. The van der Waals surface area contributed by atoms with Crippen molar-refractivity contribution in [1.29, 1.82) is 0 Å². The van der Waals surface area contributed by atoms with Crippen molar-refractivity contribution in [2.75, 3.05) is 0 Å². The van der Waals surface area contributed by atoms with Crippen LogP contribution in [0.15, 0.2) is 0 Å². The first-order chi connectivity index (χ1) is 0. The number of rotatable bonds is 0. The number of hydrogen-bond acceptors (Lipinski definition) is 0. The van der Waals surface area contributed by atoms with Crippen LogP contribution in [0.25, 0.3) is 0 Å². The molecule has 0 nitrogen and oxygen atoms in total. The Bertz CT molecular complexity index is 11.6. The fourth-order valence-electron chi connectivity index (χ4n) is 0. The molecule has 0 aliphatic rings. The predicted molar refractivity (Wildman–Crippen MR) is 11.1 cm³/mol. The van der Waals surface area contributed by atoms with E-state index in [1.54, 1.807) is 0 Å². The monoisotopic (exact) mass is 390 g/mol. The third-order valence-corrected chi connectivity index (χ3v) is 0. The molecular formula is H4BiFeMoNa. The summed E-state index contributed by atoms with van der Waals surface area (Å²) in [6.07, 6.45) is 0. The quantitative estimate of drug-likeness (QED) is 0.371. The van der Waals surface area contributed by atoms with Crippen molar-refractivity contribution in [1.82, 2.24) is 0 Å². The molecule has 0 spiro atoms. The average molecular weight is 388 g/mol. The first kappa shape index (κ1) is 27.5. The van der Waals surface area contributed by atoms with Gasteiger partial charge in [0.25, 0.3) is 0 Å². The van der Waals surface area contributed by atoms with Crippen molar-refractivity contribution in [2.45, 2.75) is 0 Å². The van der Waals surface area contributed by atoms with Crippen molar-refractivity contribution in [3.8, 4) is 0 Å². The summed E-state index contributed by atoms with van der Waals surface area (Å²) in [5.74, 6) is 0. The first-order valence-corrected chi connectivity index (χ1v) is 0. The molecule has 24 valence electrons. The van der Waals surface area contributed by atoms with Gasteiger partial charge in [-0.25, -0.2) is 0 Å². The summed E-state index contributed by atoms with van der Waals surface area (Å²) >= 11 is 0. The Morgan fingerprint density at radius 3 is 1.25 bits per heavy atom. The van der Waals surface area contributed by atoms with Gasteiger partial charge in [-0.05, 0) is 0 Å². The van der Waals surface area contributed by atoms with Crippen LogP contribution < -0.4 is 29.6 Å². The Hall–Kier alpha value is 3.09. The molecular weight excluding hydrogens is 384 g/mol. The molecule has 0 aromatic heterocycles. The van der Waals surface area contributed by atoms with Crippen LogP contribution in [0.5, 0.6) is 0 Å². The maximum atomic E-state index is 0. The molecule has 0 unspecified atom stereocenters. The van der Waals surface area contributed by atoms with Crippen LogP contribution in [-0.2, 0) is 38.1 Å². The second-order valence-corrected chi connectivity index (χ2v) is 0. The zero-order valence-electron chi connectivity index (χ0n) is 3.47. The van der Waals surface area contributed by atoms with Crippen LogP contribution in [0, 0.1) is 0 Å². The number of hydrogen-bond donors (Lipinski definition) is 0. The maximum absolute atomic E-state index is 0. The van der Waals surface area contributed by atoms with Gasteiger partial charge in [0.05, 0.1) is 0 Å². The van der Waals surface area contributed by atoms with Crippen molar-refractivity contribution in [3.63, 3.8) is 0 Å². The predicted octanol–water partition coefficient (Wildman–Crippen LogP) is -4.07. The van der Waals surface area contributed by atoms with E-state index in [-0.39, 0.29) is 95.3 Å². The Morgan fingerprint density at radius 2 is 1.25 bits per heavy atom. The standard InChI is InChI=1S/Bi.Fe.Mo.Na.4H/q;;;+1;;;;-1. The summed E-state index contributed by atoms with van der Waals surface area (Å²) in [6, 6.07) is 0. The fourth-order valence-corrected chi connectivity index (χ4v) is 0. The summed E-state index contributed by atoms with van der Waals surface area (Å²) in [5.41, 5.74) is 0. The summed E-state index contributed by atoms with van der Waals surface area (Å²) in [6.45, 7) is 0. The smallest absolute Gasteiger partial charge is 1.00 e. The van der Waals surface area contributed by atoms with Crippen LogP contribution in [0.1, 0.15) is 1.43 Å². The zero-order valence-corrected chi connectivity index (χ0v) is 13.1. The Kier molecular flexibility index (Phi) is 114. The van der Waals surface area contributed by atoms with E-state index in [4.69, 9.17) is 0 Å². The van der Waals surface area contributed by atoms with Gasteiger partial charge in [0.2, 0.25) is 0 Å². The molecule has 0 rings (SSSR count). The van der Waals surface area contributed by atoms with Gasteiger partial charge >= 0.3 is 55.8 Å². The molecule has 0 heterocycles. The molecule has 0 aliphatic carbocycles. The maximum Gasteiger partial charge on any atom is 1.00 e. The third-order valence-electron chi connectivity index (χ3n) is 0. The fraction of sp³-hybridized carbons (Fsp3) is 0. The SMILES string of the molecule is [BiH3].[Fe].[H-].[Mo].[Na+]. The van der Waals surface area contributed by atoms with Crippen LogP contribution in [0.2, 0.25) is 0 Å². The second-order valence-electron chi connectivity index (χ2n) is 0. The van der Waals surface area contributed by atoms with E-state index < -0.39 is 0 Å². The minimum atomic E-state index is 0. The average Bonchev–Trinajstić information content (AvgIpc) is 0. The van der Waals surface area contributed by atoms with Crippen molar-refractivity contribution in [2.24, 2.45) is 0 Å². The van der Waals surface area contributed by atoms with Crippen molar-refractivity contribution < 1.29 is 69.1 Å². The van der Waals surface area contributed by atoms with Gasteiger partial charge in [0, 0.05) is 38.1 Å². The molecule has 0 fully saturated rings. The minimum Gasteiger partial charge on any atom is -1.00 e. The van der Waals surface area contributed by atoms with Gasteiger partial charge in [-0.1, -0.05) is 0 Å². The molecule has 4 heavy (non-hydrogen) atoms. The Labute approximate surface area is 93.5 Å². The van der Waals surface area contributed by atoms with Gasteiger partial charge < -0.3 is 1.43 Å². The first-order valence-electron chi connectivity index (χ1n) is 0. The second kappa shape index (κ2) is 16.5. The summed E-state index contributed by atoms with van der Waals surface area (Å²) in [4.78, 5) is 0. The van der Waals surface area contributed by atoms with E-state index >= 15 is 0 Å². The molecule has 0 saturated carbocycles. The van der Waals surface area contributed by atoms with Gasteiger partial charge in [0.1, 0.15) is 0 Å². The van der Waals surface area contributed by atoms with Gasteiger partial charge in [-0.15, -0.1) is 0 Å². The van der Waals surface area contributed by atoms with Crippen LogP contribution in [0.4, 0.5) is 0 Å². The van der Waals surface area contributed by atoms with E-state index in [2.05, 4.69) is 0 Å². The third kappa shape index (κ3) is 8.92. The topological polar surface area (TPSA) is 0 Å². The summed E-state index contributed by atoms with van der Waals surface area (Å²) < 4.78 is 0. The normalized spacial score (nSPS) is 0.